The molecule has 1 aliphatic rings. The van der Waals surface area contributed by atoms with Gasteiger partial charge in [0, 0.05) is 24.8 Å². The van der Waals surface area contributed by atoms with Crippen LogP contribution in [0.15, 0.2) is 30.3 Å². The van der Waals surface area contributed by atoms with Gasteiger partial charge in [0.25, 0.3) is 5.91 Å². The Morgan fingerprint density at radius 1 is 1.26 bits per heavy atom. The van der Waals surface area contributed by atoms with E-state index in [0.717, 1.165) is 23.9 Å². The van der Waals surface area contributed by atoms with E-state index < -0.39 is 23.8 Å². The van der Waals surface area contributed by atoms with Crippen molar-refractivity contribution >= 4 is 5.91 Å². The minimum absolute atomic E-state index is 0.0980. The summed E-state index contributed by atoms with van der Waals surface area (Å²) in [7, 11) is 1.77. The number of benzene rings is 1. The first-order valence-corrected chi connectivity index (χ1v) is 7.44. The molecule has 2 atom stereocenters. The highest BCUT2D eigenvalue weighted by molar-refractivity contribution is 5.93. The van der Waals surface area contributed by atoms with Gasteiger partial charge in [0.15, 0.2) is 0 Å². The van der Waals surface area contributed by atoms with Crippen LogP contribution in [0.5, 0.6) is 0 Å². The number of nitrogens with zero attached hydrogens (tertiary/aromatic N) is 2. The highest BCUT2D eigenvalue weighted by atomic mass is 19.1. The van der Waals surface area contributed by atoms with Gasteiger partial charge < -0.3 is 14.6 Å². The fraction of sp³-hybridized carbons (Fsp3) is 0.353. The van der Waals surface area contributed by atoms with Gasteiger partial charge in [0.05, 0.1) is 12.1 Å². The summed E-state index contributed by atoms with van der Waals surface area (Å²) >= 11 is 0. The lowest BCUT2D eigenvalue weighted by Crippen LogP contribution is -2.33. The van der Waals surface area contributed by atoms with Gasteiger partial charge in [-0.3, -0.25) is 4.79 Å². The Balaban J connectivity index is 1.98. The third-order valence-electron chi connectivity index (χ3n) is 4.45. The van der Waals surface area contributed by atoms with Crippen LogP contribution < -0.4 is 0 Å². The minimum Gasteiger partial charge on any atom is -0.391 e. The van der Waals surface area contributed by atoms with Crippen LogP contribution in [0.2, 0.25) is 0 Å². The van der Waals surface area contributed by atoms with E-state index in [4.69, 9.17) is 0 Å². The first-order chi connectivity index (χ1) is 10.9. The first kappa shape index (κ1) is 15.7. The zero-order valence-corrected chi connectivity index (χ0v) is 13.0. The van der Waals surface area contributed by atoms with Gasteiger partial charge in [0.1, 0.15) is 17.3 Å². The van der Waals surface area contributed by atoms with Crippen molar-refractivity contribution in [3.05, 3.63) is 58.9 Å². The summed E-state index contributed by atoms with van der Waals surface area (Å²) in [5.41, 5.74) is 1.47. The molecule has 1 aliphatic heterocycles. The number of hydrogen-bond donors (Lipinski definition) is 1. The molecule has 0 bridgehead atoms. The summed E-state index contributed by atoms with van der Waals surface area (Å²) < 4.78 is 29.3. The number of amides is 1. The van der Waals surface area contributed by atoms with Crippen LogP contribution in [-0.4, -0.2) is 33.1 Å². The van der Waals surface area contributed by atoms with Crippen molar-refractivity contribution in [3.63, 3.8) is 0 Å². The number of aromatic nitrogens is 1. The molecule has 1 N–H and O–H groups in total. The maximum atomic E-state index is 14.1. The summed E-state index contributed by atoms with van der Waals surface area (Å²) in [5, 5.41) is 9.94. The zero-order chi connectivity index (χ0) is 16.7. The topological polar surface area (TPSA) is 45.5 Å². The smallest absolute Gasteiger partial charge is 0.271 e. The van der Waals surface area contributed by atoms with Crippen molar-refractivity contribution in [1.29, 1.82) is 0 Å². The Labute approximate surface area is 133 Å². The van der Waals surface area contributed by atoms with Crippen molar-refractivity contribution in [1.82, 2.24) is 9.47 Å². The lowest BCUT2D eigenvalue weighted by Gasteiger charge is -2.25. The minimum atomic E-state index is -0.756. The van der Waals surface area contributed by atoms with Gasteiger partial charge >= 0.3 is 0 Å². The Morgan fingerprint density at radius 2 is 2.00 bits per heavy atom. The van der Waals surface area contributed by atoms with Crippen LogP contribution >= 0.6 is 0 Å². The maximum Gasteiger partial charge on any atom is 0.271 e. The summed E-state index contributed by atoms with van der Waals surface area (Å²) in [6, 6.07) is 6.01. The first-order valence-electron chi connectivity index (χ1n) is 7.44. The average molecular weight is 320 g/mol. The number of likely N-dealkylation sites (tertiary alicyclic amines) is 1. The second kappa shape index (κ2) is 5.77. The Morgan fingerprint density at radius 3 is 2.65 bits per heavy atom. The van der Waals surface area contributed by atoms with E-state index in [2.05, 4.69) is 0 Å². The van der Waals surface area contributed by atoms with E-state index in [1.54, 1.807) is 17.7 Å². The lowest BCUT2D eigenvalue weighted by molar-refractivity contribution is 0.0704. The number of rotatable bonds is 2. The van der Waals surface area contributed by atoms with Gasteiger partial charge in [0.2, 0.25) is 0 Å². The van der Waals surface area contributed by atoms with E-state index in [-0.39, 0.29) is 24.4 Å². The van der Waals surface area contributed by atoms with Crippen LogP contribution in [0.3, 0.4) is 0 Å². The highest BCUT2D eigenvalue weighted by Gasteiger charge is 2.38. The summed E-state index contributed by atoms with van der Waals surface area (Å²) in [4.78, 5) is 14.2. The Kier molecular flexibility index (Phi) is 3.93. The molecular formula is C17H18F2N2O2. The van der Waals surface area contributed by atoms with Crippen molar-refractivity contribution in [2.24, 2.45) is 7.05 Å². The lowest BCUT2D eigenvalue weighted by atomic mass is 10.0. The molecule has 6 heteroatoms. The van der Waals surface area contributed by atoms with E-state index in [0.29, 0.717) is 5.69 Å². The maximum absolute atomic E-state index is 14.1. The number of aliphatic hydroxyl groups is 1. The van der Waals surface area contributed by atoms with Crippen LogP contribution in [0.25, 0.3) is 0 Å². The molecule has 0 radical (unpaired) electrons. The van der Waals surface area contributed by atoms with E-state index in [9.17, 15) is 18.7 Å². The number of carbonyl (C=O) groups excluding carboxylic acids is 1. The summed E-state index contributed by atoms with van der Waals surface area (Å²) in [5.74, 6) is -1.44. The fourth-order valence-electron chi connectivity index (χ4n) is 3.08. The molecule has 0 aliphatic carbocycles. The molecule has 1 aromatic carbocycles. The molecule has 1 fully saturated rings. The molecule has 2 aromatic rings. The second-order valence-electron chi connectivity index (χ2n) is 5.95. The van der Waals surface area contributed by atoms with Crippen molar-refractivity contribution < 1.29 is 18.7 Å². The van der Waals surface area contributed by atoms with Crippen molar-refractivity contribution in [2.45, 2.75) is 25.5 Å². The second-order valence-corrected chi connectivity index (χ2v) is 5.95. The quantitative estimate of drug-likeness (QED) is 0.924. The van der Waals surface area contributed by atoms with Gasteiger partial charge in [-0.2, -0.15) is 0 Å². The molecule has 3 rings (SSSR count). The number of hydrogen-bond acceptors (Lipinski definition) is 2. The third kappa shape index (κ3) is 2.74. The number of aliphatic hydroxyl groups excluding tert-OH is 1. The molecule has 1 amide bonds. The fourth-order valence-corrected chi connectivity index (χ4v) is 3.08. The van der Waals surface area contributed by atoms with Crippen LogP contribution in [-0.2, 0) is 7.05 Å². The van der Waals surface area contributed by atoms with Crippen molar-refractivity contribution in [3.8, 4) is 0 Å². The number of aryl methyl sites for hydroxylation is 1. The molecule has 2 heterocycles. The molecule has 0 saturated carbocycles. The zero-order valence-electron chi connectivity index (χ0n) is 13.0. The molecule has 1 aromatic heterocycles. The normalized spacial score (nSPS) is 21.0. The number of carbonyl (C=O) groups is 1. The Bertz CT molecular complexity index is 757. The molecule has 122 valence electrons. The van der Waals surface area contributed by atoms with Gasteiger partial charge in [-0.25, -0.2) is 8.78 Å². The number of halogens is 2. The molecule has 0 spiro atoms. The predicted molar refractivity (Wildman–Crippen MR) is 80.9 cm³/mol. The molecule has 0 unspecified atom stereocenters. The van der Waals surface area contributed by atoms with Crippen LogP contribution in [0.4, 0.5) is 8.78 Å². The van der Waals surface area contributed by atoms with Gasteiger partial charge in [-0.15, -0.1) is 0 Å². The predicted octanol–water partition coefficient (Wildman–Crippen LogP) is 2.56. The molecule has 4 nitrogen and oxygen atoms in total. The SMILES string of the molecule is Cc1ccc(C(=O)N2C[C@H](O)C[C@@H]2c2cc(F)ccc2F)n1C. The average Bonchev–Trinajstić information content (AvgIpc) is 3.05. The molecular weight excluding hydrogens is 302 g/mol. The summed E-state index contributed by atoms with van der Waals surface area (Å²) in [6.45, 7) is 1.98. The summed E-state index contributed by atoms with van der Waals surface area (Å²) in [6.07, 6.45) is -0.566. The third-order valence-corrected chi connectivity index (χ3v) is 4.45. The van der Waals surface area contributed by atoms with E-state index in [1.807, 2.05) is 13.0 Å². The Hall–Kier alpha value is -2.21. The largest absolute Gasteiger partial charge is 0.391 e. The monoisotopic (exact) mass is 320 g/mol. The molecule has 1 saturated heterocycles. The van der Waals surface area contributed by atoms with Crippen LogP contribution in [0, 0.1) is 18.6 Å². The number of β-amino-alcohol motifs (C(OH)–C–C–N with tert-alkyl or cyclic N) is 1. The highest BCUT2D eigenvalue weighted by Crippen LogP contribution is 2.35. The standard InChI is InChI=1S/C17H18F2N2O2/c1-10-3-6-15(20(10)2)17(23)21-9-12(22)8-16(21)13-7-11(18)4-5-14(13)19/h3-7,12,16,22H,8-9H2,1-2H3/t12-,16-/m1/s1. The molecule has 23 heavy (non-hydrogen) atoms. The van der Waals surface area contributed by atoms with Crippen molar-refractivity contribution in [2.75, 3.05) is 6.54 Å². The van der Waals surface area contributed by atoms with Crippen LogP contribution in [0.1, 0.15) is 34.2 Å². The van der Waals surface area contributed by atoms with E-state index >= 15 is 0 Å². The van der Waals surface area contributed by atoms with E-state index in [1.165, 1.54) is 4.90 Å². The van der Waals surface area contributed by atoms with Gasteiger partial charge in [-0.05, 0) is 43.7 Å². The van der Waals surface area contributed by atoms with Gasteiger partial charge in [-0.1, -0.05) is 0 Å².